The maximum Gasteiger partial charge on any atom is 0.411 e. The summed E-state index contributed by atoms with van der Waals surface area (Å²) < 4.78 is 18.8. The zero-order chi connectivity index (χ0) is 26.3. The number of hydrogen-bond acceptors (Lipinski definition) is 5. The highest BCUT2D eigenvalue weighted by molar-refractivity contribution is 6.04. The van der Waals surface area contributed by atoms with E-state index in [4.69, 9.17) is 4.74 Å². The minimum atomic E-state index is -1.10. The van der Waals surface area contributed by atoms with Crippen LogP contribution in [0.4, 0.5) is 15.0 Å². The quantitative estimate of drug-likeness (QED) is 0.515. The van der Waals surface area contributed by atoms with Gasteiger partial charge in [0.15, 0.2) is 5.78 Å². The van der Waals surface area contributed by atoms with E-state index in [1.165, 1.54) is 4.90 Å². The zero-order valence-electron chi connectivity index (χ0n) is 21.0. The van der Waals surface area contributed by atoms with Gasteiger partial charge in [-0.15, -0.1) is 0 Å². The van der Waals surface area contributed by atoms with Crippen molar-refractivity contribution in [3.63, 3.8) is 0 Å². The van der Waals surface area contributed by atoms with E-state index < -0.39 is 29.7 Å². The van der Waals surface area contributed by atoms with Crippen LogP contribution in [0, 0.1) is 5.92 Å². The fraction of sp³-hybridized carbons (Fsp3) is 0.357. The highest BCUT2D eigenvalue weighted by Crippen LogP contribution is 2.36. The maximum atomic E-state index is 13.4. The molecule has 2 amide bonds. The van der Waals surface area contributed by atoms with Crippen molar-refractivity contribution in [3.05, 3.63) is 71.0 Å². The van der Waals surface area contributed by atoms with Gasteiger partial charge >= 0.3 is 6.09 Å². The van der Waals surface area contributed by atoms with Gasteiger partial charge in [0.2, 0.25) is 5.91 Å². The van der Waals surface area contributed by atoms with E-state index >= 15 is 0 Å². The lowest BCUT2D eigenvalue weighted by Gasteiger charge is -2.29. The van der Waals surface area contributed by atoms with E-state index in [1.54, 1.807) is 39.1 Å². The lowest BCUT2D eigenvalue weighted by molar-refractivity contribution is -0.117. The van der Waals surface area contributed by atoms with E-state index in [-0.39, 0.29) is 25.3 Å². The highest BCUT2D eigenvalue weighted by atomic mass is 19.1. The number of aromatic amines is 1. The van der Waals surface area contributed by atoms with Crippen molar-refractivity contribution < 1.29 is 23.5 Å². The van der Waals surface area contributed by atoms with Gasteiger partial charge < -0.3 is 15.0 Å². The van der Waals surface area contributed by atoms with Gasteiger partial charge in [-0.05, 0) is 50.5 Å². The molecule has 2 N–H and O–H groups in total. The molecule has 3 aromatic rings. The van der Waals surface area contributed by atoms with E-state index in [9.17, 15) is 18.8 Å². The number of ketones is 1. The van der Waals surface area contributed by atoms with Gasteiger partial charge in [-0.2, -0.15) is 0 Å². The number of amides is 2. The lowest BCUT2D eigenvalue weighted by atomic mass is 9.93. The summed E-state index contributed by atoms with van der Waals surface area (Å²) in [6.07, 6.45) is 0.635. The van der Waals surface area contributed by atoms with Gasteiger partial charge in [-0.25, -0.2) is 14.2 Å². The van der Waals surface area contributed by atoms with E-state index in [0.29, 0.717) is 29.2 Å². The predicted octanol–water partition coefficient (Wildman–Crippen LogP) is 4.90. The lowest BCUT2D eigenvalue weighted by Crippen LogP contribution is -2.42. The topological polar surface area (TPSA) is 104 Å². The Balaban J connectivity index is 1.51. The number of nitrogens with zero attached hydrogens (tertiary/aromatic N) is 2. The minimum Gasteiger partial charge on any atom is -0.444 e. The highest BCUT2D eigenvalue weighted by Gasteiger charge is 2.43. The van der Waals surface area contributed by atoms with Crippen LogP contribution in [0.1, 0.15) is 54.4 Å². The number of alkyl halides is 1. The number of anilines is 1. The minimum absolute atomic E-state index is 0.0789. The maximum absolute atomic E-state index is 13.4. The Bertz CT molecular complexity index is 1360. The number of carbonyl (C=O) groups excluding carboxylic acids is 3. The number of rotatable bonds is 5. The van der Waals surface area contributed by atoms with Crippen molar-refractivity contribution in [1.82, 2.24) is 14.9 Å². The van der Waals surface area contributed by atoms with Crippen LogP contribution in [0.2, 0.25) is 0 Å². The van der Waals surface area contributed by atoms with Crippen molar-refractivity contribution in [2.24, 2.45) is 5.92 Å². The number of aromatic nitrogens is 2. The molecular weight excluding hydrogens is 475 g/mol. The summed E-state index contributed by atoms with van der Waals surface area (Å²) in [5.41, 5.74) is 3.78. The molecule has 1 aliphatic heterocycles. The SMILES string of the molecule is CC(C)(C)OC(=O)N1CC(=O)c2c([nH]c(-c3ccnc(NC(=O)[C@@H]4C[C@H]4F)c3)c2Cc2ccccc2)C1. The van der Waals surface area contributed by atoms with Crippen molar-refractivity contribution >= 4 is 23.6 Å². The molecule has 37 heavy (non-hydrogen) atoms. The van der Waals surface area contributed by atoms with E-state index in [0.717, 1.165) is 16.7 Å². The summed E-state index contributed by atoms with van der Waals surface area (Å²) in [7, 11) is 0. The van der Waals surface area contributed by atoms with Crippen LogP contribution < -0.4 is 5.32 Å². The molecule has 0 bridgehead atoms. The first-order chi connectivity index (χ1) is 17.6. The molecule has 2 aliphatic rings. The Morgan fingerprint density at radius 2 is 1.92 bits per heavy atom. The molecule has 0 radical (unpaired) electrons. The number of carbonyl (C=O) groups is 3. The van der Waals surface area contributed by atoms with E-state index in [1.807, 2.05) is 30.3 Å². The molecule has 2 aromatic heterocycles. The third kappa shape index (κ3) is 5.40. The number of H-pyrrole nitrogens is 1. The second-order valence-corrected chi connectivity index (χ2v) is 10.5. The summed E-state index contributed by atoms with van der Waals surface area (Å²) in [4.78, 5) is 47.3. The summed E-state index contributed by atoms with van der Waals surface area (Å²) in [6.45, 7) is 5.47. The first-order valence-corrected chi connectivity index (χ1v) is 12.3. The van der Waals surface area contributed by atoms with Crippen molar-refractivity contribution in [1.29, 1.82) is 0 Å². The van der Waals surface area contributed by atoms with Gasteiger partial charge in [0.1, 0.15) is 17.6 Å². The first-order valence-electron chi connectivity index (χ1n) is 12.3. The second kappa shape index (κ2) is 9.46. The van der Waals surface area contributed by atoms with Gasteiger partial charge in [0, 0.05) is 29.4 Å². The van der Waals surface area contributed by atoms with Gasteiger partial charge in [0.05, 0.1) is 24.7 Å². The van der Waals surface area contributed by atoms with Gasteiger partial charge in [0.25, 0.3) is 0 Å². The fourth-order valence-electron chi connectivity index (χ4n) is 4.54. The van der Waals surface area contributed by atoms with Gasteiger partial charge in [-0.3, -0.25) is 14.5 Å². The van der Waals surface area contributed by atoms with Crippen LogP contribution in [0.25, 0.3) is 11.3 Å². The molecule has 1 fully saturated rings. The molecule has 0 unspecified atom stereocenters. The van der Waals surface area contributed by atoms with Crippen LogP contribution in [-0.2, 0) is 22.5 Å². The summed E-state index contributed by atoms with van der Waals surface area (Å²) >= 11 is 0. The van der Waals surface area contributed by atoms with Crippen LogP contribution in [0.3, 0.4) is 0 Å². The van der Waals surface area contributed by atoms with Crippen LogP contribution in [-0.4, -0.2) is 51.0 Å². The molecule has 0 spiro atoms. The molecule has 1 aromatic carbocycles. The predicted molar refractivity (Wildman–Crippen MR) is 136 cm³/mol. The molecule has 1 aliphatic carbocycles. The Kier molecular flexibility index (Phi) is 6.31. The Morgan fingerprint density at radius 1 is 1.19 bits per heavy atom. The molecular formula is C28H29FN4O4. The number of ether oxygens (including phenoxy) is 1. The molecule has 9 heteroatoms. The third-order valence-corrected chi connectivity index (χ3v) is 6.37. The number of hydrogen-bond donors (Lipinski definition) is 2. The van der Waals surface area contributed by atoms with E-state index in [2.05, 4.69) is 15.3 Å². The molecule has 8 nitrogen and oxygen atoms in total. The zero-order valence-corrected chi connectivity index (χ0v) is 21.0. The molecule has 192 valence electrons. The number of halogens is 1. The van der Waals surface area contributed by atoms with Gasteiger partial charge in [-0.1, -0.05) is 30.3 Å². The fourth-order valence-corrected chi connectivity index (χ4v) is 4.54. The average molecular weight is 505 g/mol. The number of nitrogens with one attached hydrogen (secondary N) is 2. The summed E-state index contributed by atoms with van der Waals surface area (Å²) in [6, 6.07) is 13.3. The number of pyridine rings is 1. The molecule has 1 saturated carbocycles. The standard InChI is InChI=1S/C28H29FN4O4/c1-28(2,3)37-27(36)33-14-21-24(22(34)15-33)19(11-16-7-5-4-6-8-16)25(31-21)17-9-10-30-23(12-17)32-26(35)18-13-20(18)29/h4-10,12,18,20,31H,11,13-15H2,1-3H3,(H,30,32,35)/t18-,20-/m1/s1. The molecule has 3 heterocycles. The van der Waals surface area contributed by atoms with Crippen LogP contribution in [0.15, 0.2) is 48.7 Å². The van der Waals surface area contributed by atoms with Crippen LogP contribution in [0.5, 0.6) is 0 Å². The first kappa shape index (κ1) is 24.7. The smallest absolute Gasteiger partial charge is 0.411 e. The average Bonchev–Trinajstić information content (AvgIpc) is 3.46. The molecule has 2 atom stereocenters. The number of fused-ring (bicyclic) bond motifs is 1. The summed E-state index contributed by atoms with van der Waals surface area (Å²) in [5.74, 6) is -0.892. The Hall–Kier alpha value is -4.01. The third-order valence-electron chi connectivity index (χ3n) is 6.37. The second-order valence-electron chi connectivity index (χ2n) is 10.5. The monoisotopic (exact) mass is 504 g/mol. The summed E-state index contributed by atoms with van der Waals surface area (Å²) in [5, 5.41) is 2.69. The normalized spacial score (nSPS) is 18.8. The largest absolute Gasteiger partial charge is 0.444 e. The number of Topliss-reactive ketones (excluding diaryl/α,β-unsaturated/α-hetero) is 1. The van der Waals surface area contributed by atoms with Crippen molar-refractivity contribution in [2.75, 3.05) is 11.9 Å². The molecule has 0 saturated heterocycles. The van der Waals surface area contributed by atoms with Crippen molar-refractivity contribution in [3.8, 4) is 11.3 Å². The van der Waals surface area contributed by atoms with Crippen molar-refractivity contribution in [2.45, 2.75) is 51.9 Å². The number of benzene rings is 1. The van der Waals surface area contributed by atoms with Crippen LogP contribution >= 0.6 is 0 Å². The molecule has 5 rings (SSSR count). The Morgan fingerprint density at radius 3 is 2.59 bits per heavy atom. The Labute approximate surface area is 214 Å².